The Morgan fingerprint density at radius 1 is 1.21 bits per heavy atom. The van der Waals surface area contributed by atoms with Gasteiger partial charge in [-0.3, -0.25) is 14.2 Å². The number of para-hydroxylation sites is 1. The molecule has 2 aromatic carbocycles. The summed E-state index contributed by atoms with van der Waals surface area (Å²) in [5.74, 6) is -1.95. The van der Waals surface area contributed by atoms with Crippen molar-refractivity contribution >= 4 is 35.1 Å². The van der Waals surface area contributed by atoms with E-state index >= 15 is 4.39 Å². The Kier molecular flexibility index (Phi) is 7.46. The highest BCUT2D eigenvalue weighted by atomic mass is 35.5. The summed E-state index contributed by atoms with van der Waals surface area (Å²) in [6.45, 7) is 7.46. The molecule has 0 saturated carbocycles. The van der Waals surface area contributed by atoms with Crippen molar-refractivity contribution in [2.24, 2.45) is 0 Å². The summed E-state index contributed by atoms with van der Waals surface area (Å²) in [5.41, 5.74) is 5.11. The molecule has 3 N–H and O–H groups in total. The van der Waals surface area contributed by atoms with Crippen LogP contribution in [0.2, 0.25) is 5.02 Å². The van der Waals surface area contributed by atoms with Gasteiger partial charge in [0.05, 0.1) is 22.4 Å². The minimum Gasteiger partial charge on any atom is -0.444 e. The standard InChI is InChI=1S/C27H29ClFN5O4/c1-15-8-5-10-17(28)22(15)34-14-31-23(30)20(25(34)36)24(35)32-18-11-6-9-16(21(18)29)19-12-7-13-33(19)26(37)38-27(2,3)4/h5-6,8-11,14,19H,7,12-13,30H2,1-4H3,(H,32,35)/t19-/m1/s1. The summed E-state index contributed by atoms with van der Waals surface area (Å²) in [7, 11) is 0. The fourth-order valence-corrected chi connectivity index (χ4v) is 4.80. The first-order valence-electron chi connectivity index (χ1n) is 12.1. The number of aryl methyl sites for hydroxylation is 1. The van der Waals surface area contributed by atoms with Crippen molar-refractivity contribution in [1.29, 1.82) is 0 Å². The zero-order chi connectivity index (χ0) is 27.8. The number of nitrogen functional groups attached to an aromatic ring is 1. The summed E-state index contributed by atoms with van der Waals surface area (Å²) < 4.78 is 22.3. The van der Waals surface area contributed by atoms with Crippen LogP contribution in [0.5, 0.6) is 0 Å². The van der Waals surface area contributed by atoms with E-state index in [4.69, 9.17) is 22.1 Å². The lowest BCUT2D eigenvalue weighted by atomic mass is 10.0. The minimum absolute atomic E-state index is 0.160. The second-order valence-corrected chi connectivity index (χ2v) is 10.5. The van der Waals surface area contributed by atoms with E-state index in [0.29, 0.717) is 30.6 Å². The lowest BCUT2D eigenvalue weighted by Gasteiger charge is -2.29. The van der Waals surface area contributed by atoms with E-state index < -0.39 is 40.6 Å². The molecule has 1 aromatic heterocycles. The molecule has 1 saturated heterocycles. The maximum atomic E-state index is 15.7. The number of hydrogen-bond acceptors (Lipinski definition) is 6. The van der Waals surface area contributed by atoms with Gasteiger partial charge < -0.3 is 20.7 Å². The Morgan fingerprint density at radius 3 is 2.61 bits per heavy atom. The largest absolute Gasteiger partial charge is 0.444 e. The Labute approximate surface area is 224 Å². The van der Waals surface area contributed by atoms with Gasteiger partial charge in [-0.25, -0.2) is 14.2 Å². The van der Waals surface area contributed by atoms with Gasteiger partial charge in [-0.1, -0.05) is 35.9 Å². The molecule has 0 aliphatic carbocycles. The van der Waals surface area contributed by atoms with Gasteiger partial charge in [-0.05, 0) is 58.2 Å². The van der Waals surface area contributed by atoms with Gasteiger partial charge in [0.1, 0.15) is 23.3 Å². The Morgan fingerprint density at radius 2 is 1.92 bits per heavy atom. The molecule has 2 heterocycles. The number of likely N-dealkylation sites (tertiary alicyclic amines) is 1. The number of carbonyl (C=O) groups excluding carboxylic acids is 2. The van der Waals surface area contributed by atoms with E-state index in [1.54, 1.807) is 58.0 Å². The highest BCUT2D eigenvalue weighted by Crippen LogP contribution is 2.36. The molecule has 0 unspecified atom stereocenters. The summed E-state index contributed by atoms with van der Waals surface area (Å²) in [6, 6.07) is 9.03. The zero-order valence-electron chi connectivity index (χ0n) is 21.5. The van der Waals surface area contributed by atoms with Gasteiger partial charge in [-0.15, -0.1) is 0 Å². The van der Waals surface area contributed by atoms with Crippen LogP contribution in [0.1, 0.15) is 61.1 Å². The number of nitrogens with two attached hydrogens (primary N) is 1. The molecule has 2 amide bonds. The monoisotopic (exact) mass is 541 g/mol. The zero-order valence-corrected chi connectivity index (χ0v) is 22.3. The number of nitrogens with one attached hydrogen (secondary N) is 1. The number of carbonyl (C=O) groups is 2. The number of nitrogens with zero attached hydrogens (tertiary/aromatic N) is 3. The van der Waals surface area contributed by atoms with Crippen LogP contribution in [-0.4, -0.2) is 38.6 Å². The average molecular weight is 542 g/mol. The number of rotatable bonds is 4. The molecule has 1 aliphatic heterocycles. The first kappa shape index (κ1) is 27.1. The molecule has 9 nitrogen and oxygen atoms in total. The Bertz CT molecular complexity index is 1450. The molecular weight excluding hydrogens is 513 g/mol. The second-order valence-electron chi connectivity index (χ2n) is 10.1. The van der Waals surface area contributed by atoms with Crippen molar-refractivity contribution in [3.63, 3.8) is 0 Å². The molecule has 4 rings (SSSR count). The van der Waals surface area contributed by atoms with Crippen LogP contribution in [0.3, 0.4) is 0 Å². The van der Waals surface area contributed by atoms with Crippen molar-refractivity contribution in [2.45, 2.75) is 52.2 Å². The number of halogens is 2. The predicted molar refractivity (Wildman–Crippen MR) is 143 cm³/mol. The van der Waals surface area contributed by atoms with Gasteiger partial charge >= 0.3 is 6.09 Å². The lowest BCUT2D eigenvalue weighted by molar-refractivity contribution is 0.0222. The molecule has 0 radical (unpaired) electrons. The lowest BCUT2D eigenvalue weighted by Crippen LogP contribution is -2.36. The van der Waals surface area contributed by atoms with E-state index in [-0.39, 0.29) is 22.1 Å². The molecule has 3 aromatic rings. The molecule has 1 aliphatic rings. The van der Waals surface area contributed by atoms with Crippen LogP contribution < -0.4 is 16.6 Å². The Hall–Kier alpha value is -3.92. The number of benzene rings is 2. The maximum Gasteiger partial charge on any atom is 0.410 e. The van der Waals surface area contributed by atoms with Crippen LogP contribution in [-0.2, 0) is 4.74 Å². The third kappa shape index (κ3) is 5.35. The van der Waals surface area contributed by atoms with Crippen molar-refractivity contribution in [1.82, 2.24) is 14.5 Å². The van der Waals surface area contributed by atoms with Gasteiger partial charge in [0.15, 0.2) is 5.82 Å². The fraction of sp³-hybridized carbons (Fsp3) is 0.333. The average Bonchev–Trinajstić information content (AvgIpc) is 3.30. The van der Waals surface area contributed by atoms with E-state index in [9.17, 15) is 14.4 Å². The molecule has 38 heavy (non-hydrogen) atoms. The van der Waals surface area contributed by atoms with Crippen molar-refractivity contribution in [3.8, 4) is 5.69 Å². The highest BCUT2D eigenvalue weighted by molar-refractivity contribution is 6.32. The first-order valence-corrected chi connectivity index (χ1v) is 12.5. The third-order valence-electron chi connectivity index (χ3n) is 6.17. The maximum absolute atomic E-state index is 15.7. The highest BCUT2D eigenvalue weighted by Gasteiger charge is 2.35. The predicted octanol–water partition coefficient (Wildman–Crippen LogP) is 5.24. The molecule has 1 fully saturated rings. The van der Waals surface area contributed by atoms with E-state index in [2.05, 4.69) is 10.3 Å². The number of amides is 2. The summed E-state index contributed by atoms with van der Waals surface area (Å²) >= 11 is 6.30. The van der Waals surface area contributed by atoms with Gasteiger partial charge in [0.2, 0.25) is 0 Å². The number of ether oxygens (including phenoxy) is 1. The Balaban J connectivity index is 1.66. The number of aromatic nitrogens is 2. The molecular formula is C27H29ClFN5O4. The fourth-order valence-electron chi connectivity index (χ4n) is 4.49. The van der Waals surface area contributed by atoms with Crippen LogP contribution in [0.4, 0.5) is 20.7 Å². The van der Waals surface area contributed by atoms with Crippen LogP contribution >= 0.6 is 11.6 Å². The summed E-state index contributed by atoms with van der Waals surface area (Å²) in [6.07, 6.45) is 1.86. The van der Waals surface area contributed by atoms with Crippen LogP contribution in [0.25, 0.3) is 5.69 Å². The smallest absolute Gasteiger partial charge is 0.410 e. The van der Waals surface area contributed by atoms with E-state index in [1.807, 2.05) is 0 Å². The minimum atomic E-state index is -0.925. The topological polar surface area (TPSA) is 120 Å². The number of hydrogen-bond donors (Lipinski definition) is 2. The van der Waals surface area contributed by atoms with E-state index in [0.717, 1.165) is 4.57 Å². The molecule has 200 valence electrons. The number of anilines is 2. The second kappa shape index (κ2) is 10.4. The SMILES string of the molecule is Cc1cccc(Cl)c1-n1cnc(N)c(C(=O)Nc2cccc([C@H]3CCCN3C(=O)OC(C)(C)C)c2F)c1=O. The molecule has 11 heteroatoms. The van der Waals surface area contributed by atoms with Gasteiger partial charge in [0, 0.05) is 12.1 Å². The van der Waals surface area contributed by atoms with Crippen LogP contribution in [0.15, 0.2) is 47.5 Å². The normalized spacial score (nSPS) is 15.4. The molecule has 0 spiro atoms. The van der Waals surface area contributed by atoms with Crippen LogP contribution in [0, 0.1) is 12.7 Å². The molecule has 1 atom stereocenters. The molecule has 0 bridgehead atoms. The van der Waals surface area contributed by atoms with Crippen molar-refractivity contribution < 1.29 is 18.7 Å². The van der Waals surface area contributed by atoms with Crippen molar-refractivity contribution in [3.05, 3.63) is 80.6 Å². The quantitative estimate of drug-likeness (QED) is 0.466. The van der Waals surface area contributed by atoms with Gasteiger partial charge in [-0.2, -0.15) is 0 Å². The summed E-state index contributed by atoms with van der Waals surface area (Å²) in [4.78, 5) is 44.7. The van der Waals surface area contributed by atoms with E-state index in [1.165, 1.54) is 17.3 Å². The third-order valence-corrected chi connectivity index (χ3v) is 6.48. The first-order chi connectivity index (χ1) is 17.9. The summed E-state index contributed by atoms with van der Waals surface area (Å²) in [5, 5.41) is 2.73. The van der Waals surface area contributed by atoms with Crippen molar-refractivity contribution in [2.75, 3.05) is 17.6 Å². The van der Waals surface area contributed by atoms with Gasteiger partial charge in [0.25, 0.3) is 11.5 Å².